The fourth-order valence-corrected chi connectivity index (χ4v) is 3.40. The summed E-state index contributed by atoms with van der Waals surface area (Å²) in [7, 11) is 0. The topological polar surface area (TPSA) is 41.1 Å². The molecule has 2 N–H and O–H groups in total. The lowest BCUT2D eigenvalue weighted by Gasteiger charge is -2.10. The van der Waals surface area contributed by atoms with Crippen molar-refractivity contribution in [3.8, 4) is 0 Å². The highest BCUT2D eigenvalue weighted by Gasteiger charge is 2.09. The van der Waals surface area contributed by atoms with Gasteiger partial charge >= 0.3 is 0 Å². The molecule has 0 saturated carbocycles. The van der Waals surface area contributed by atoms with Gasteiger partial charge in [0.2, 0.25) is 0 Å². The Bertz CT molecular complexity index is 624. The first-order valence-electron chi connectivity index (χ1n) is 6.95. The van der Waals surface area contributed by atoms with Crippen molar-refractivity contribution in [3.05, 3.63) is 50.1 Å². The third-order valence-corrected chi connectivity index (χ3v) is 4.79. The number of nitrogens with one attached hydrogen (secondary N) is 2. The number of hydrogen-bond acceptors (Lipinski definition) is 3. The minimum atomic E-state index is -0.0286. The summed E-state index contributed by atoms with van der Waals surface area (Å²) in [6.07, 6.45) is 1.08. The Balaban J connectivity index is 1.98. The Morgan fingerprint density at radius 2 is 2.14 bits per heavy atom. The van der Waals surface area contributed by atoms with Gasteiger partial charge in [0.05, 0.1) is 6.54 Å². The molecule has 1 aromatic heterocycles. The zero-order chi connectivity index (χ0) is 15.2. The summed E-state index contributed by atoms with van der Waals surface area (Å²) in [4.78, 5) is 13.4. The maximum Gasteiger partial charge on any atom is 0.251 e. The summed E-state index contributed by atoms with van der Waals surface area (Å²) >= 11 is 5.05. The zero-order valence-electron chi connectivity index (χ0n) is 12.2. The molecule has 3 nitrogen and oxygen atoms in total. The second-order valence-electron chi connectivity index (χ2n) is 4.87. The van der Waals surface area contributed by atoms with Crippen LogP contribution < -0.4 is 10.6 Å². The van der Waals surface area contributed by atoms with Gasteiger partial charge in [-0.05, 0) is 59.1 Å². The summed E-state index contributed by atoms with van der Waals surface area (Å²) in [6.45, 7) is 5.60. The maximum absolute atomic E-state index is 12.2. The van der Waals surface area contributed by atoms with E-state index in [2.05, 4.69) is 33.5 Å². The van der Waals surface area contributed by atoms with Gasteiger partial charge < -0.3 is 10.6 Å². The van der Waals surface area contributed by atoms with Crippen LogP contribution in [0.15, 0.2) is 34.1 Å². The zero-order valence-corrected chi connectivity index (χ0v) is 14.6. The van der Waals surface area contributed by atoms with Gasteiger partial charge in [0.25, 0.3) is 5.91 Å². The monoisotopic (exact) mass is 366 g/mol. The second-order valence-corrected chi connectivity index (χ2v) is 6.78. The molecule has 0 aliphatic rings. The van der Waals surface area contributed by atoms with Crippen LogP contribution in [0.1, 0.15) is 34.1 Å². The van der Waals surface area contributed by atoms with E-state index in [9.17, 15) is 4.79 Å². The molecular weight excluding hydrogens is 348 g/mol. The van der Waals surface area contributed by atoms with Crippen molar-refractivity contribution in [3.63, 3.8) is 0 Å². The molecule has 0 unspecified atom stereocenters. The fourth-order valence-electron chi connectivity index (χ4n) is 2.01. The van der Waals surface area contributed by atoms with Gasteiger partial charge in [0, 0.05) is 32.5 Å². The van der Waals surface area contributed by atoms with Crippen molar-refractivity contribution in [2.24, 2.45) is 0 Å². The molecule has 0 atom stereocenters. The predicted molar refractivity (Wildman–Crippen MR) is 93.1 cm³/mol. The van der Waals surface area contributed by atoms with Crippen LogP contribution in [0.2, 0.25) is 0 Å². The molecule has 21 heavy (non-hydrogen) atoms. The van der Waals surface area contributed by atoms with E-state index in [0.717, 1.165) is 39.1 Å². The molecule has 0 aliphatic carbocycles. The molecule has 1 amide bonds. The molecule has 0 bridgehead atoms. The van der Waals surface area contributed by atoms with Crippen LogP contribution in [0.3, 0.4) is 0 Å². The molecule has 0 radical (unpaired) electrons. The minimum Gasteiger partial charge on any atom is -0.385 e. The molecular formula is C16H19BrN2OS. The molecule has 0 aliphatic heterocycles. The first-order chi connectivity index (χ1) is 10.1. The van der Waals surface area contributed by atoms with Gasteiger partial charge in [-0.25, -0.2) is 0 Å². The number of halogens is 1. The molecule has 112 valence electrons. The van der Waals surface area contributed by atoms with Gasteiger partial charge in [-0.2, -0.15) is 0 Å². The number of thiophene rings is 1. The van der Waals surface area contributed by atoms with E-state index in [1.807, 2.05) is 36.6 Å². The predicted octanol–water partition coefficient (Wildman–Crippen LogP) is 4.57. The largest absolute Gasteiger partial charge is 0.385 e. The van der Waals surface area contributed by atoms with E-state index in [4.69, 9.17) is 0 Å². The molecule has 2 rings (SSSR count). The molecule has 5 heteroatoms. The van der Waals surface area contributed by atoms with Crippen molar-refractivity contribution in [2.75, 3.05) is 11.9 Å². The quantitative estimate of drug-likeness (QED) is 0.785. The van der Waals surface area contributed by atoms with E-state index >= 15 is 0 Å². The lowest BCUT2D eigenvalue weighted by atomic mass is 10.1. The number of benzene rings is 1. The maximum atomic E-state index is 12.2. The van der Waals surface area contributed by atoms with Crippen LogP contribution in [0.4, 0.5) is 5.69 Å². The Kier molecular flexibility index (Phi) is 5.82. The van der Waals surface area contributed by atoms with Crippen LogP contribution in [0.25, 0.3) is 0 Å². The van der Waals surface area contributed by atoms with Gasteiger partial charge in [-0.1, -0.05) is 6.92 Å². The number of carbonyl (C=O) groups is 1. The Labute approximate surface area is 137 Å². The Hall–Kier alpha value is -1.33. The van der Waals surface area contributed by atoms with Crippen LogP contribution in [0.5, 0.6) is 0 Å². The first-order valence-corrected chi connectivity index (χ1v) is 8.63. The van der Waals surface area contributed by atoms with Gasteiger partial charge in [0.1, 0.15) is 0 Å². The summed E-state index contributed by atoms with van der Waals surface area (Å²) < 4.78 is 1.05. The van der Waals surface area contributed by atoms with E-state index in [0.29, 0.717) is 6.54 Å². The van der Waals surface area contributed by atoms with E-state index in [1.54, 1.807) is 11.3 Å². The fraction of sp³-hybridized carbons (Fsp3) is 0.312. The van der Waals surface area contributed by atoms with Crippen molar-refractivity contribution < 1.29 is 4.79 Å². The smallest absolute Gasteiger partial charge is 0.251 e. The normalized spacial score (nSPS) is 10.4. The van der Waals surface area contributed by atoms with Crippen LogP contribution in [0, 0.1) is 6.92 Å². The molecule has 2 aromatic rings. The van der Waals surface area contributed by atoms with E-state index < -0.39 is 0 Å². The number of hydrogen-bond donors (Lipinski definition) is 2. The Morgan fingerprint density at radius 3 is 2.76 bits per heavy atom. The summed E-state index contributed by atoms with van der Waals surface area (Å²) in [6, 6.07) is 7.88. The minimum absolute atomic E-state index is 0.0286. The molecule has 1 heterocycles. The first kappa shape index (κ1) is 16.0. The lowest BCUT2D eigenvalue weighted by molar-refractivity contribution is 0.0950. The Morgan fingerprint density at radius 1 is 1.33 bits per heavy atom. The molecule has 0 spiro atoms. The highest BCUT2D eigenvalue weighted by Crippen LogP contribution is 2.20. The standard InChI is InChI=1S/C16H19BrN2OS/c1-3-6-18-13-4-5-15(11(2)7-13)16(20)19-9-14-8-12(17)10-21-14/h4-5,7-8,10,18H,3,6,9H2,1-2H3,(H,19,20). The van der Waals surface area contributed by atoms with Crippen LogP contribution >= 0.6 is 27.3 Å². The van der Waals surface area contributed by atoms with E-state index in [-0.39, 0.29) is 5.91 Å². The number of anilines is 1. The third-order valence-electron chi connectivity index (χ3n) is 3.10. The lowest BCUT2D eigenvalue weighted by Crippen LogP contribution is -2.23. The van der Waals surface area contributed by atoms with Crippen LogP contribution in [-0.4, -0.2) is 12.5 Å². The molecule has 0 fully saturated rings. The number of rotatable bonds is 6. The van der Waals surface area contributed by atoms with E-state index in [1.165, 1.54) is 0 Å². The number of carbonyl (C=O) groups excluding carboxylic acids is 1. The highest BCUT2D eigenvalue weighted by atomic mass is 79.9. The third kappa shape index (κ3) is 4.58. The van der Waals surface area contributed by atoms with Crippen molar-refractivity contribution in [1.29, 1.82) is 0 Å². The van der Waals surface area contributed by atoms with Crippen molar-refractivity contribution in [1.82, 2.24) is 5.32 Å². The number of aryl methyl sites for hydroxylation is 1. The summed E-state index contributed by atoms with van der Waals surface area (Å²) in [5.41, 5.74) is 2.78. The SMILES string of the molecule is CCCNc1ccc(C(=O)NCc2cc(Br)cs2)c(C)c1. The van der Waals surface area contributed by atoms with Gasteiger partial charge in [-0.15, -0.1) is 11.3 Å². The van der Waals surface area contributed by atoms with Crippen LogP contribution in [-0.2, 0) is 6.54 Å². The average molecular weight is 367 g/mol. The second kappa shape index (κ2) is 7.61. The van der Waals surface area contributed by atoms with Gasteiger partial charge in [0.15, 0.2) is 0 Å². The molecule has 1 aromatic carbocycles. The number of amides is 1. The van der Waals surface area contributed by atoms with Gasteiger partial charge in [-0.3, -0.25) is 4.79 Å². The summed E-state index contributed by atoms with van der Waals surface area (Å²) in [5, 5.41) is 8.30. The molecule has 0 saturated heterocycles. The highest BCUT2D eigenvalue weighted by molar-refractivity contribution is 9.10. The summed E-state index contributed by atoms with van der Waals surface area (Å²) in [5.74, 6) is -0.0286. The van der Waals surface area contributed by atoms with Crippen molar-refractivity contribution >= 4 is 38.9 Å². The average Bonchev–Trinajstić information content (AvgIpc) is 2.88. The van der Waals surface area contributed by atoms with Crippen molar-refractivity contribution in [2.45, 2.75) is 26.8 Å².